The second-order valence-electron chi connectivity index (χ2n) is 7.54. The largest absolute Gasteiger partial charge is 0.490 e. The Kier molecular flexibility index (Phi) is 5.26. The van der Waals surface area contributed by atoms with Crippen LogP contribution in [0, 0.1) is 12.8 Å². The molecule has 0 bridgehead atoms. The lowest BCUT2D eigenvalue weighted by Gasteiger charge is -2.28. The first-order valence-electron chi connectivity index (χ1n) is 8.21. The Hall–Kier alpha value is -1.09. The molecule has 1 aliphatic carbocycles. The van der Waals surface area contributed by atoms with E-state index >= 15 is 0 Å². The molecule has 1 aromatic rings. The van der Waals surface area contributed by atoms with Crippen molar-refractivity contribution >= 4 is 0 Å². The van der Waals surface area contributed by atoms with Gasteiger partial charge in [-0.2, -0.15) is 0 Å². The van der Waals surface area contributed by atoms with Gasteiger partial charge in [0.15, 0.2) is 0 Å². The number of pyridine rings is 1. The molecule has 3 nitrogen and oxygen atoms in total. The van der Waals surface area contributed by atoms with E-state index in [2.05, 4.69) is 44.1 Å². The Labute approximate surface area is 129 Å². The van der Waals surface area contributed by atoms with E-state index < -0.39 is 0 Å². The van der Waals surface area contributed by atoms with Gasteiger partial charge in [0, 0.05) is 35.6 Å². The molecule has 2 rings (SSSR count). The van der Waals surface area contributed by atoms with Crippen LogP contribution in [0.3, 0.4) is 0 Å². The molecule has 1 heterocycles. The van der Waals surface area contributed by atoms with E-state index in [9.17, 15) is 0 Å². The van der Waals surface area contributed by atoms with Crippen LogP contribution in [0.2, 0.25) is 0 Å². The first-order valence-corrected chi connectivity index (χ1v) is 8.21. The second-order valence-corrected chi connectivity index (χ2v) is 7.54. The molecule has 3 heteroatoms. The maximum atomic E-state index is 6.30. The molecule has 118 valence electrons. The molecule has 0 unspecified atom stereocenters. The highest BCUT2D eigenvalue weighted by atomic mass is 16.5. The van der Waals surface area contributed by atoms with Crippen LogP contribution in [-0.2, 0) is 6.54 Å². The van der Waals surface area contributed by atoms with Gasteiger partial charge in [0.2, 0.25) is 0 Å². The summed E-state index contributed by atoms with van der Waals surface area (Å²) >= 11 is 0. The molecular weight excluding hydrogens is 260 g/mol. The average molecular weight is 290 g/mol. The van der Waals surface area contributed by atoms with Crippen LogP contribution < -0.4 is 10.1 Å². The number of aromatic nitrogens is 1. The first-order chi connectivity index (χ1) is 9.83. The van der Waals surface area contributed by atoms with Crippen molar-refractivity contribution in [3.63, 3.8) is 0 Å². The van der Waals surface area contributed by atoms with Crippen LogP contribution in [0.25, 0.3) is 0 Å². The summed E-state index contributed by atoms with van der Waals surface area (Å²) in [6, 6.07) is 2.08. The lowest BCUT2D eigenvalue weighted by Crippen LogP contribution is -2.35. The molecule has 1 aromatic heterocycles. The standard InChI is InChI=1S/C18H30N2O/c1-13-6-8-16(9-7-13)21-17-10-14(2)19-11-15(17)12-20-18(3,4)5/h10-11,13,16,20H,6-9,12H2,1-5H3. The number of hydrogen-bond donors (Lipinski definition) is 1. The topological polar surface area (TPSA) is 34.1 Å². The van der Waals surface area contributed by atoms with Gasteiger partial charge in [-0.3, -0.25) is 4.98 Å². The zero-order valence-corrected chi connectivity index (χ0v) is 14.2. The highest BCUT2D eigenvalue weighted by Crippen LogP contribution is 2.29. The van der Waals surface area contributed by atoms with E-state index in [1.807, 2.05) is 13.1 Å². The van der Waals surface area contributed by atoms with Gasteiger partial charge < -0.3 is 10.1 Å². The summed E-state index contributed by atoms with van der Waals surface area (Å²) in [6.07, 6.45) is 7.24. The van der Waals surface area contributed by atoms with Crippen molar-refractivity contribution in [2.75, 3.05) is 0 Å². The molecule has 1 aliphatic rings. The van der Waals surface area contributed by atoms with Gasteiger partial charge in [-0.15, -0.1) is 0 Å². The minimum atomic E-state index is 0.0996. The van der Waals surface area contributed by atoms with Crippen molar-refractivity contribution in [1.29, 1.82) is 0 Å². The monoisotopic (exact) mass is 290 g/mol. The predicted molar refractivity (Wildman–Crippen MR) is 87.6 cm³/mol. The minimum absolute atomic E-state index is 0.0996. The summed E-state index contributed by atoms with van der Waals surface area (Å²) in [5, 5.41) is 3.52. The molecular formula is C18H30N2O. The van der Waals surface area contributed by atoms with Crippen LogP contribution in [0.5, 0.6) is 5.75 Å². The van der Waals surface area contributed by atoms with Gasteiger partial charge in [-0.05, 0) is 59.3 Å². The Balaban J connectivity index is 2.04. The lowest BCUT2D eigenvalue weighted by atomic mass is 9.89. The van der Waals surface area contributed by atoms with Gasteiger partial charge in [0.25, 0.3) is 0 Å². The van der Waals surface area contributed by atoms with Gasteiger partial charge >= 0.3 is 0 Å². The number of hydrogen-bond acceptors (Lipinski definition) is 3. The highest BCUT2D eigenvalue weighted by molar-refractivity contribution is 5.33. The Morgan fingerprint density at radius 2 is 1.90 bits per heavy atom. The normalized spacial score (nSPS) is 23.1. The van der Waals surface area contributed by atoms with Crippen LogP contribution in [0.1, 0.15) is 64.6 Å². The van der Waals surface area contributed by atoms with Crippen molar-refractivity contribution in [1.82, 2.24) is 10.3 Å². The van der Waals surface area contributed by atoms with Crippen molar-refractivity contribution in [3.8, 4) is 5.75 Å². The summed E-state index contributed by atoms with van der Waals surface area (Å²) in [6.45, 7) is 11.7. The van der Waals surface area contributed by atoms with Crippen LogP contribution in [0.4, 0.5) is 0 Å². The van der Waals surface area contributed by atoms with Crippen LogP contribution in [0.15, 0.2) is 12.3 Å². The maximum Gasteiger partial charge on any atom is 0.127 e. The van der Waals surface area contributed by atoms with E-state index in [4.69, 9.17) is 4.74 Å². The summed E-state index contributed by atoms with van der Waals surface area (Å²) in [7, 11) is 0. The van der Waals surface area contributed by atoms with Crippen molar-refractivity contribution < 1.29 is 4.74 Å². The quantitative estimate of drug-likeness (QED) is 0.900. The molecule has 0 amide bonds. The van der Waals surface area contributed by atoms with Gasteiger partial charge in [0.05, 0.1) is 6.10 Å². The zero-order valence-electron chi connectivity index (χ0n) is 14.2. The molecule has 0 atom stereocenters. The van der Waals surface area contributed by atoms with Crippen molar-refractivity contribution in [2.24, 2.45) is 5.92 Å². The second kappa shape index (κ2) is 6.78. The molecule has 1 fully saturated rings. The Morgan fingerprint density at radius 1 is 1.24 bits per heavy atom. The highest BCUT2D eigenvalue weighted by Gasteiger charge is 2.21. The average Bonchev–Trinajstić information content (AvgIpc) is 2.39. The first kappa shape index (κ1) is 16.3. The number of nitrogens with zero attached hydrogens (tertiary/aromatic N) is 1. The molecule has 21 heavy (non-hydrogen) atoms. The fraction of sp³-hybridized carbons (Fsp3) is 0.722. The van der Waals surface area contributed by atoms with Crippen molar-refractivity contribution in [2.45, 2.75) is 78.5 Å². The van der Waals surface area contributed by atoms with E-state index in [-0.39, 0.29) is 5.54 Å². The zero-order chi connectivity index (χ0) is 15.5. The van der Waals surface area contributed by atoms with Gasteiger partial charge in [-0.1, -0.05) is 6.92 Å². The lowest BCUT2D eigenvalue weighted by molar-refractivity contribution is 0.134. The van der Waals surface area contributed by atoms with E-state index in [0.29, 0.717) is 6.10 Å². The maximum absolute atomic E-state index is 6.30. The smallest absolute Gasteiger partial charge is 0.127 e. The fourth-order valence-corrected chi connectivity index (χ4v) is 2.69. The molecule has 1 saturated carbocycles. The summed E-state index contributed by atoms with van der Waals surface area (Å²) in [4.78, 5) is 4.43. The van der Waals surface area contributed by atoms with E-state index in [1.54, 1.807) is 0 Å². The van der Waals surface area contributed by atoms with Crippen molar-refractivity contribution in [3.05, 3.63) is 23.5 Å². The summed E-state index contributed by atoms with van der Waals surface area (Å²) < 4.78 is 6.30. The van der Waals surface area contributed by atoms with E-state index in [0.717, 1.165) is 29.5 Å². The Bertz CT molecular complexity index is 457. The third-order valence-corrected chi connectivity index (χ3v) is 4.15. The van der Waals surface area contributed by atoms with Gasteiger partial charge in [-0.25, -0.2) is 0 Å². The molecule has 0 aliphatic heterocycles. The van der Waals surface area contributed by atoms with Crippen LogP contribution in [-0.4, -0.2) is 16.6 Å². The fourth-order valence-electron chi connectivity index (χ4n) is 2.69. The van der Waals surface area contributed by atoms with E-state index in [1.165, 1.54) is 25.7 Å². The number of ether oxygens (including phenoxy) is 1. The minimum Gasteiger partial charge on any atom is -0.490 e. The number of rotatable bonds is 4. The molecule has 0 saturated heterocycles. The molecule has 0 aromatic carbocycles. The van der Waals surface area contributed by atoms with Gasteiger partial charge in [0.1, 0.15) is 5.75 Å². The third-order valence-electron chi connectivity index (χ3n) is 4.15. The summed E-state index contributed by atoms with van der Waals surface area (Å²) in [5.74, 6) is 1.87. The number of nitrogens with one attached hydrogen (secondary N) is 1. The third kappa shape index (κ3) is 5.31. The Morgan fingerprint density at radius 3 is 2.52 bits per heavy atom. The molecule has 0 radical (unpaired) electrons. The molecule has 0 spiro atoms. The SMILES string of the molecule is Cc1cc(OC2CCC(C)CC2)c(CNC(C)(C)C)cn1. The molecule has 1 N–H and O–H groups in total. The van der Waals surface area contributed by atoms with Crippen LogP contribution >= 0.6 is 0 Å². The summed E-state index contributed by atoms with van der Waals surface area (Å²) in [5.41, 5.74) is 2.28. The number of aryl methyl sites for hydroxylation is 1. The predicted octanol–water partition coefficient (Wildman–Crippen LogP) is 4.24.